The predicted molar refractivity (Wildman–Crippen MR) is 105 cm³/mol. The summed E-state index contributed by atoms with van der Waals surface area (Å²) < 4.78 is 6.35. The zero-order valence-corrected chi connectivity index (χ0v) is 16.2. The van der Waals surface area contributed by atoms with E-state index >= 15 is 0 Å². The summed E-state index contributed by atoms with van der Waals surface area (Å²) in [6.45, 7) is 2.41. The molecule has 0 amide bonds. The Morgan fingerprint density at radius 3 is 2.69 bits per heavy atom. The monoisotopic (exact) mass is 390 g/mol. The van der Waals surface area contributed by atoms with E-state index < -0.39 is 0 Å². The maximum absolute atomic E-state index is 13.2. The van der Waals surface area contributed by atoms with Gasteiger partial charge in [-0.25, -0.2) is 4.98 Å². The van der Waals surface area contributed by atoms with Crippen molar-refractivity contribution < 1.29 is 9.53 Å². The smallest absolute Gasteiger partial charge is 0.305 e. The highest BCUT2D eigenvalue weighted by Gasteiger charge is 2.16. The Hall–Kier alpha value is -2.18. The third-order valence-corrected chi connectivity index (χ3v) is 5.36. The standard InChI is InChI=1S/C19H19ClN2O3S/c1-3-15-21-18-17(19(24)22(15)10-4-5-16(23)25-2)14(11-26-18)12-6-8-13(20)9-7-12/h6-9,11H,3-5,10H2,1-2H3. The molecule has 7 heteroatoms. The fraction of sp³-hybridized carbons (Fsp3) is 0.316. The maximum atomic E-state index is 13.2. The van der Waals surface area contributed by atoms with Crippen molar-refractivity contribution in [2.24, 2.45) is 0 Å². The summed E-state index contributed by atoms with van der Waals surface area (Å²) in [6.07, 6.45) is 1.46. The highest BCUT2D eigenvalue weighted by Crippen LogP contribution is 2.31. The zero-order valence-electron chi connectivity index (χ0n) is 14.6. The number of benzene rings is 1. The second kappa shape index (κ2) is 8.01. The first-order valence-electron chi connectivity index (χ1n) is 8.38. The molecule has 0 unspecified atom stereocenters. The lowest BCUT2D eigenvalue weighted by Gasteiger charge is -2.11. The van der Waals surface area contributed by atoms with Crippen LogP contribution < -0.4 is 5.56 Å². The molecule has 5 nitrogen and oxygen atoms in total. The molecule has 0 N–H and O–H groups in total. The number of fused-ring (bicyclic) bond motifs is 1. The summed E-state index contributed by atoms with van der Waals surface area (Å²) in [5, 5.41) is 3.23. The largest absolute Gasteiger partial charge is 0.469 e. The van der Waals surface area contributed by atoms with Crippen LogP contribution in [0.1, 0.15) is 25.6 Å². The third kappa shape index (κ3) is 3.66. The average Bonchev–Trinajstić information content (AvgIpc) is 3.07. The maximum Gasteiger partial charge on any atom is 0.305 e. The molecule has 2 heterocycles. The number of carbonyl (C=O) groups excluding carboxylic acids is 1. The summed E-state index contributed by atoms with van der Waals surface area (Å²) >= 11 is 7.43. The molecule has 0 spiro atoms. The van der Waals surface area contributed by atoms with Crippen molar-refractivity contribution in [3.63, 3.8) is 0 Å². The molecule has 0 saturated carbocycles. The topological polar surface area (TPSA) is 61.2 Å². The molecule has 0 aliphatic carbocycles. The number of rotatable bonds is 6. The Kier molecular flexibility index (Phi) is 5.74. The summed E-state index contributed by atoms with van der Waals surface area (Å²) in [4.78, 5) is 29.9. The number of thiophene rings is 1. The van der Waals surface area contributed by atoms with Crippen LogP contribution >= 0.6 is 22.9 Å². The van der Waals surface area contributed by atoms with Gasteiger partial charge in [0, 0.05) is 35.4 Å². The van der Waals surface area contributed by atoms with E-state index in [1.807, 2.05) is 36.6 Å². The SMILES string of the molecule is CCc1nc2scc(-c3ccc(Cl)cc3)c2c(=O)n1CCCC(=O)OC. The molecule has 0 aliphatic rings. The molecule has 136 valence electrons. The van der Waals surface area contributed by atoms with Gasteiger partial charge in [0.25, 0.3) is 5.56 Å². The fourth-order valence-corrected chi connectivity index (χ4v) is 3.97. The summed E-state index contributed by atoms with van der Waals surface area (Å²) in [6, 6.07) is 7.42. The van der Waals surface area contributed by atoms with Gasteiger partial charge in [-0.1, -0.05) is 30.7 Å². The van der Waals surface area contributed by atoms with Crippen molar-refractivity contribution in [3.8, 4) is 11.1 Å². The van der Waals surface area contributed by atoms with Gasteiger partial charge in [-0.15, -0.1) is 11.3 Å². The van der Waals surface area contributed by atoms with E-state index in [2.05, 4.69) is 9.72 Å². The van der Waals surface area contributed by atoms with E-state index in [4.69, 9.17) is 11.6 Å². The summed E-state index contributed by atoms with van der Waals surface area (Å²) in [7, 11) is 1.36. The Balaban J connectivity index is 2.05. The molecule has 0 saturated heterocycles. The van der Waals surface area contributed by atoms with Crippen LogP contribution in [0, 0.1) is 0 Å². The number of hydrogen-bond acceptors (Lipinski definition) is 5. The van der Waals surface area contributed by atoms with E-state index in [0.29, 0.717) is 29.8 Å². The number of halogens is 1. The van der Waals surface area contributed by atoms with Crippen LogP contribution in [0.3, 0.4) is 0 Å². The van der Waals surface area contributed by atoms with Crippen LogP contribution in [-0.2, 0) is 22.5 Å². The highest BCUT2D eigenvalue weighted by atomic mass is 35.5. The van der Waals surface area contributed by atoms with Gasteiger partial charge in [0.15, 0.2) is 0 Å². The van der Waals surface area contributed by atoms with Crippen molar-refractivity contribution in [3.05, 3.63) is 50.8 Å². The van der Waals surface area contributed by atoms with Gasteiger partial charge in [0.05, 0.1) is 12.5 Å². The van der Waals surface area contributed by atoms with Crippen molar-refractivity contribution in [1.29, 1.82) is 0 Å². The van der Waals surface area contributed by atoms with Gasteiger partial charge in [-0.05, 0) is 24.1 Å². The van der Waals surface area contributed by atoms with Crippen LogP contribution in [0.25, 0.3) is 21.3 Å². The van der Waals surface area contributed by atoms with Gasteiger partial charge in [0.2, 0.25) is 0 Å². The molecule has 0 aliphatic heterocycles. The first-order valence-corrected chi connectivity index (χ1v) is 9.64. The average molecular weight is 391 g/mol. The second-order valence-electron chi connectivity index (χ2n) is 5.85. The number of carbonyl (C=O) groups is 1. The first-order chi connectivity index (χ1) is 12.5. The summed E-state index contributed by atoms with van der Waals surface area (Å²) in [5.41, 5.74) is 1.73. The van der Waals surface area contributed by atoms with Crippen molar-refractivity contribution >= 4 is 39.1 Å². The number of aromatic nitrogens is 2. The molecule has 0 fully saturated rings. The quantitative estimate of drug-likeness (QED) is 0.589. The normalized spacial score (nSPS) is 11.0. The Bertz CT molecular complexity index is 992. The van der Waals surface area contributed by atoms with Gasteiger partial charge < -0.3 is 4.74 Å². The molecule has 2 aromatic heterocycles. The van der Waals surface area contributed by atoms with Crippen molar-refractivity contribution in [2.75, 3.05) is 7.11 Å². The minimum absolute atomic E-state index is 0.0667. The van der Waals surface area contributed by atoms with Crippen LogP contribution in [-0.4, -0.2) is 22.6 Å². The number of esters is 1. The molecule has 3 rings (SSSR count). The molecule has 26 heavy (non-hydrogen) atoms. The zero-order chi connectivity index (χ0) is 18.7. The van der Waals surface area contributed by atoms with Gasteiger partial charge in [0.1, 0.15) is 10.7 Å². The number of hydrogen-bond donors (Lipinski definition) is 0. The third-order valence-electron chi connectivity index (χ3n) is 4.23. The lowest BCUT2D eigenvalue weighted by Crippen LogP contribution is -2.25. The van der Waals surface area contributed by atoms with Gasteiger partial charge in [-0.2, -0.15) is 0 Å². The minimum Gasteiger partial charge on any atom is -0.469 e. The minimum atomic E-state index is -0.275. The Labute approximate surface area is 160 Å². The van der Waals surface area contributed by atoms with E-state index in [-0.39, 0.29) is 17.9 Å². The molecular formula is C19H19ClN2O3S. The number of methoxy groups -OCH3 is 1. The summed E-state index contributed by atoms with van der Waals surface area (Å²) in [5.74, 6) is 0.458. The van der Waals surface area contributed by atoms with Gasteiger partial charge in [-0.3, -0.25) is 14.2 Å². The molecule has 1 aromatic carbocycles. The molecule has 0 bridgehead atoms. The van der Waals surface area contributed by atoms with E-state index in [9.17, 15) is 9.59 Å². The van der Waals surface area contributed by atoms with E-state index in [0.717, 1.165) is 21.8 Å². The van der Waals surface area contributed by atoms with Crippen molar-refractivity contribution in [2.45, 2.75) is 32.7 Å². The van der Waals surface area contributed by atoms with Crippen molar-refractivity contribution in [1.82, 2.24) is 9.55 Å². The molecule has 0 radical (unpaired) electrons. The number of ether oxygens (including phenoxy) is 1. The van der Waals surface area contributed by atoms with Crippen LogP contribution in [0.5, 0.6) is 0 Å². The molecule has 3 aromatic rings. The van der Waals surface area contributed by atoms with E-state index in [1.165, 1.54) is 18.4 Å². The Morgan fingerprint density at radius 2 is 2.04 bits per heavy atom. The predicted octanol–water partition coefficient (Wildman–Crippen LogP) is 4.29. The highest BCUT2D eigenvalue weighted by molar-refractivity contribution is 7.17. The molecular weight excluding hydrogens is 372 g/mol. The van der Waals surface area contributed by atoms with Crippen LogP contribution in [0.2, 0.25) is 5.02 Å². The number of nitrogens with zero attached hydrogens (tertiary/aromatic N) is 2. The van der Waals surface area contributed by atoms with E-state index in [1.54, 1.807) is 4.57 Å². The van der Waals surface area contributed by atoms with Crippen LogP contribution in [0.4, 0.5) is 0 Å². The van der Waals surface area contributed by atoms with Gasteiger partial charge >= 0.3 is 5.97 Å². The van der Waals surface area contributed by atoms with Crippen LogP contribution in [0.15, 0.2) is 34.4 Å². The Morgan fingerprint density at radius 1 is 1.31 bits per heavy atom. The fourth-order valence-electron chi connectivity index (χ4n) is 2.89. The first kappa shape index (κ1) is 18.6. The molecule has 0 atom stereocenters. The lowest BCUT2D eigenvalue weighted by atomic mass is 10.1. The second-order valence-corrected chi connectivity index (χ2v) is 7.15. The lowest BCUT2D eigenvalue weighted by molar-refractivity contribution is -0.140. The number of aryl methyl sites for hydroxylation is 1.